The molecule has 2 rings (SSSR count). The van der Waals surface area contributed by atoms with Crippen LogP contribution < -0.4 is 15.8 Å². The Balaban J connectivity index is 1.77. The van der Waals surface area contributed by atoms with Gasteiger partial charge in [-0.2, -0.15) is 0 Å². The summed E-state index contributed by atoms with van der Waals surface area (Å²) in [4.78, 5) is 27.8. The van der Waals surface area contributed by atoms with Crippen molar-refractivity contribution in [2.24, 2.45) is 0 Å². The smallest absolute Gasteiger partial charge is 0.262 e. The van der Waals surface area contributed by atoms with Gasteiger partial charge >= 0.3 is 0 Å². The summed E-state index contributed by atoms with van der Waals surface area (Å²) in [6, 6.07) is 11.6. The standard InChI is InChI=1S/C16H18BrN3O2/c1-20(13-6-3-2-4-7-13)9-5-8-18-15(21)12-10-14(17)16(22)19-11-12/h2-4,6-7,10-11H,5,8-9H2,1H3,(H,18,21)(H,19,22). The van der Waals surface area contributed by atoms with Crippen molar-refractivity contribution in [3.8, 4) is 0 Å². The van der Waals surface area contributed by atoms with Crippen LogP contribution in [-0.4, -0.2) is 31.0 Å². The highest BCUT2D eigenvalue weighted by Gasteiger charge is 2.07. The van der Waals surface area contributed by atoms with Gasteiger partial charge in [0.1, 0.15) is 0 Å². The first-order valence-corrected chi connectivity index (χ1v) is 7.80. The Labute approximate surface area is 137 Å². The van der Waals surface area contributed by atoms with Crippen molar-refractivity contribution in [1.82, 2.24) is 10.3 Å². The third-order valence-corrected chi connectivity index (χ3v) is 3.86. The van der Waals surface area contributed by atoms with Crippen molar-refractivity contribution in [3.05, 3.63) is 63.0 Å². The number of aromatic amines is 1. The molecular weight excluding hydrogens is 346 g/mol. The van der Waals surface area contributed by atoms with Gasteiger partial charge in [-0.3, -0.25) is 9.59 Å². The van der Waals surface area contributed by atoms with Crippen LogP contribution in [0.15, 0.2) is 51.9 Å². The molecule has 0 saturated carbocycles. The summed E-state index contributed by atoms with van der Waals surface area (Å²) in [5.74, 6) is -0.195. The van der Waals surface area contributed by atoms with E-state index >= 15 is 0 Å². The predicted octanol–water partition coefficient (Wildman–Crippen LogP) is 2.39. The Hall–Kier alpha value is -2.08. The molecule has 1 aromatic heterocycles. The van der Waals surface area contributed by atoms with Gasteiger partial charge in [0.2, 0.25) is 0 Å². The molecule has 0 spiro atoms. The van der Waals surface area contributed by atoms with Crippen LogP contribution in [0.25, 0.3) is 0 Å². The quantitative estimate of drug-likeness (QED) is 0.774. The fraction of sp³-hybridized carbons (Fsp3) is 0.250. The number of pyridine rings is 1. The maximum absolute atomic E-state index is 12.0. The second kappa shape index (κ2) is 7.79. The molecule has 0 aliphatic rings. The molecule has 0 atom stereocenters. The van der Waals surface area contributed by atoms with Gasteiger partial charge in [-0.05, 0) is 40.5 Å². The topological polar surface area (TPSA) is 65.2 Å². The number of carbonyl (C=O) groups is 1. The molecule has 0 aliphatic heterocycles. The maximum Gasteiger partial charge on any atom is 0.262 e. The number of halogens is 1. The highest BCUT2D eigenvalue weighted by Crippen LogP contribution is 2.10. The van der Waals surface area contributed by atoms with E-state index in [2.05, 4.69) is 43.3 Å². The highest BCUT2D eigenvalue weighted by molar-refractivity contribution is 9.10. The number of nitrogens with one attached hydrogen (secondary N) is 2. The van der Waals surface area contributed by atoms with E-state index in [9.17, 15) is 9.59 Å². The van der Waals surface area contributed by atoms with Crippen LogP contribution in [0.5, 0.6) is 0 Å². The van der Waals surface area contributed by atoms with Crippen molar-refractivity contribution in [2.45, 2.75) is 6.42 Å². The lowest BCUT2D eigenvalue weighted by Crippen LogP contribution is -2.28. The first-order valence-electron chi connectivity index (χ1n) is 7.00. The fourth-order valence-electron chi connectivity index (χ4n) is 2.02. The van der Waals surface area contributed by atoms with E-state index in [-0.39, 0.29) is 11.5 Å². The molecule has 0 fully saturated rings. The number of aromatic nitrogens is 1. The first-order chi connectivity index (χ1) is 10.6. The molecule has 2 aromatic rings. The molecule has 0 aliphatic carbocycles. The molecule has 0 unspecified atom stereocenters. The molecule has 1 heterocycles. The Kier molecular flexibility index (Phi) is 5.77. The molecule has 2 N–H and O–H groups in total. The molecule has 22 heavy (non-hydrogen) atoms. The maximum atomic E-state index is 12.0. The monoisotopic (exact) mass is 363 g/mol. The van der Waals surface area contributed by atoms with E-state index in [0.717, 1.165) is 18.7 Å². The lowest BCUT2D eigenvalue weighted by Gasteiger charge is -2.19. The predicted molar refractivity (Wildman–Crippen MR) is 91.4 cm³/mol. The van der Waals surface area contributed by atoms with Gasteiger partial charge in [0.15, 0.2) is 0 Å². The molecule has 0 radical (unpaired) electrons. The largest absolute Gasteiger partial charge is 0.375 e. The average Bonchev–Trinajstić information content (AvgIpc) is 2.54. The second-order valence-corrected chi connectivity index (χ2v) is 5.79. The molecule has 5 nitrogen and oxygen atoms in total. The number of anilines is 1. The SMILES string of the molecule is CN(CCCNC(=O)c1c[nH]c(=O)c(Br)c1)c1ccccc1. The zero-order valence-electron chi connectivity index (χ0n) is 12.3. The van der Waals surface area contributed by atoms with Gasteiger partial charge in [0, 0.05) is 32.0 Å². The summed E-state index contributed by atoms with van der Waals surface area (Å²) in [5, 5.41) is 2.84. The fourth-order valence-corrected chi connectivity index (χ4v) is 2.38. The Bertz CT molecular complexity index is 685. The van der Waals surface area contributed by atoms with Gasteiger partial charge in [-0.1, -0.05) is 18.2 Å². The van der Waals surface area contributed by atoms with Crippen molar-refractivity contribution < 1.29 is 4.79 Å². The summed E-state index contributed by atoms with van der Waals surface area (Å²) < 4.78 is 0.351. The normalized spacial score (nSPS) is 10.3. The van der Waals surface area contributed by atoms with Crippen molar-refractivity contribution >= 4 is 27.5 Å². The molecule has 0 saturated heterocycles. The molecule has 0 bridgehead atoms. The van der Waals surface area contributed by atoms with E-state index in [0.29, 0.717) is 16.6 Å². The van der Waals surface area contributed by atoms with E-state index in [1.54, 1.807) is 0 Å². The van der Waals surface area contributed by atoms with Gasteiger partial charge in [-0.15, -0.1) is 0 Å². The second-order valence-electron chi connectivity index (χ2n) is 4.93. The van der Waals surface area contributed by atoms with Gasteiger partial charge in [0.25, 0.3) is 11.5 Å². The van der Waals surface area contributed by atoms with Crippen LogP contribution >= 0.6 is 15.9 Å². The van der Waals surface area contributed by atoms with E-state index in [1.807, 2.05) is 25.2 Å². The number of amides is 1. The Morgan fingerprint density at radius 2 is 2.05 bits per heavy atom. The van der Waals surface area contributed by atoms with Gasteiger partial charge in [0.05, 0.1) is 10.0 Å². The third-order valence-electron chi connectivity index (χ3n) is 3.27. The van der Waals surface area contributed by atoms with Crippen molar-refractivity contribution in [3.63, 3.8) is 0 Å². The number of nitrogens with zero attached hydrogens (tertiary/aromatic N) is 1. The van der Waals surface area contributed by atoms with Crippen molar-refractivity contribution in [1.29, 1.82) is 0 Å². The third kappa shape index (κ3) is 4.46. The molecule has 1 aromatic carbocycles. The highest BCUT2D eigenvalue weighted by atomic mass is 79.9. The summed E-state index contributed by atoms with van der Waals surface area (Å²) in [5.41, 5.74) is 1.34. The summed E-state index contributed by atoms with van der Waals surface area (Å²) in [6.07, 6.45) is 2.25. The number of para-hydroxylation sites is 1. The molecule has 1 amide bonds. The Morgan fingerprint density at radius 3 is 2.73 bits per heavy atom. The van der Waals surface area contributed by atoms with Gasteiger partial charge in [-0.25, -0.2) is 0 Å². The van der Waals surface area contributed by atoms with Crippen LogP contribution in [-0.2, 0) is 0 Å². The summed E-state index contributed by atoms with van der Waals surface area (Å²) in [6.45, 7) is 1.42. The number of rotatable bonds is 6. The average molecular weight is 364 g/mol. The molecule has 6 heteroatoms. The van der Waals surface area contributed by atoms with E-state index in [4.69, 9.17) is 0 Å². The van der Waals surface area contributed by atoms with Crippen LogP contribution in [0.1, 0.15) is 16.8 Å². The Morgan fingerprint density at radius 1 is 1.32 bits per heavy atom. The number of benzene rings is 1. The summed E-state index contributed by atoms with van der Waals surface area (Å²) in [7, 11) is 2.02. The van der Waals surface area contributed by atoms with E-state index in [1.165, 1.54) is 12.3 Å². The number of hydrogen-bond donors (Lipinski definition) is 2. The minimum absolute atomic E-state index is 0.195. The zero-order valence-corrected chi connectivity index (χ0v) is 13.9. The van der Waals surface area contributed by atoms with Crippen molar-refractivity contribution in [2.75, 3.05) is 25.0 Å². The minimum Gasteiger partial charge on any atom is -0.375 e. The lowest BCUT2D eigenvalue weighted by molar-refractivity contribution is 0.0953. The zero-order chi connectivity index (χ0) is 15.9. The summed E-state index contributed by atoms with van der Waals surface area (Å²) >= 11 is 3.11. The number of carbonyl (C=O) groups excluding carboxylic acids is 1. The van der Waals surface area contributed by atoms with Crippen LogP contribution in [0.3, 0.4) is 0 Å². The number of hydrogen-bond acceptors (Lipinski definition) is 3. The minimum atomic E-state index is -0.249. The molecule has 116 valence electrons. The van der Waals surface area contributed by atoms with Gasteiger partial charge < -0.3 is 15.2 Å². The first kappa shape index (κ1) is 16.3. The van der Waals surface area contributed by atoms with E-state index < -0.39 is 0 Å². The molecular formula is C16H18BrN3O2. The van der Waals surface area contributed by atoms with Crippen LogP contribution in [0.2, 0.25) is 0 Å². The van der Waals surface area contributed by atoms with Crippen LogP contribution in [0, 0.1) is 0 Å². The number of H-pyrrole nitrogens is 1. The van der Waals surface area contributed by atoms with Crippen LogP contribution in [0.4, 0.5) is 5.69 Å². The lowest BCUT2D eigenvalue weighted by atomic mass is 10.2.